The number of phenols is 1. The van der Waals surface area contributed by atoms with Gasteiger partial charge in [-0.25, -0.2) is 0 Å². The molecule has 1 N–H and O–H groups in total. The summed E-state index contributed by atoms with van der Waals surface area (Å²) in [6.45, 7) is 4.63. The SMILES string of the molecule is COc1ccc(C[Si](C)(C)COc2ccc(O)cc2)cc1. The van der Waals surface area contributed by atoms with E-state index in [0.717, 1.165) is 23.8 Å². The largest absolute Gasteiger partial charge is 0.508 e. The first-order valence-electron chi connectivity index (χ1n) is 7.03. The Balaban J connectivity index is 1.92. The first-order chi connectivity index (χ1) is 9.98. The fourth-order valence-electron chi connectivity index (χ4n) is 2.17. The van der Waals surface area contributed by atoms with Crippen LogP contribution in [0.2, 0.25) is 13.1 Å². The van der Waals surface area contributed by atoms with E-state index >= 15 is 0 Å². The van der Waals surface area contributed by atoms with E-state index in [1.807, 2.05) is 12.1 Å². The molecule has 0 saturated carbocycles. The van der Waals surface area contributed by atoms with Gasteiger partial charge in [-0.15, -0.1) is 0 Å². The molecule has 112 valence electrons. The molecule has 0 aliphatic rings. The van der Waals surface area contributed by atoms with Crippen LogP contribution >= 0.6 is 0 Å². The van der Waals surface area contributed by atoms with Crippen molar-refractivity contribution in [1.82, 2.24) is 0 Å². The average molecular weight is 302 g/mol. The molecule has 0 saturated heterocycles. The molecule has 0 aliphatic carbocycles. The fourth-order valence-corrected chi connectivity index (χ4v) is 4.17. The van der Waals surface area contributed by atoms with Crippen LogP contribution in [0.4, 0.5) is 0 Å². The Labute approximate surface area is 127 Å². The van der Waals surface area contributed by atoms with Gasteiger partial charge in [0.25, 0.3) is 0 Å². The lowest BCUT2D eigenvalue weighted by Gasteiger charge is -2.22. The van der Waals surface area contributed by atoms with Gasteiger partial charge < -0.3 is 14.6 Å². The Kier molecular flexibility index (Phi) is 4.91. The molecule has 2 aromatic carbocycles. The van der Waals surface area contributed by atoms with Crippen molar-refractivity contribution in [3.05, 3.63) is 54.1 Å². The second kappa shape index (κ2) is 6.67. The zero-order chi connectivity index (χ0) is 15.3. The third kappa shape index (κ3) is 4.83. The van der Waals surface area contributed by atoms with Gasteiger partial charge in [-0.1, -0.05) is 30.8 Å². The minimum Gasteiger partial charge on any atom is -0.508 e. The molecule has 0 amide bonds. The Bertz CT molecular complexity index is 562. The minimum absolute atomic E-state index is 0.261. The highest BCUT2D eigenvalue weighted by atomic mass is 28.3. The Morgan fingerprint density at radius 3 is 2.05 bits per heavy atom. The summed E-state index contributed by atoms with van der Waals surface area (Å²) in [6.07, 6.45) is 0.754. The van der Waals surface area contributed by atoms with E-state index in [1.54, 1.807) is 31.4 Å². The predicted octanol–water partition coefficient (Wildman–Crippen LogP) is 3.81. The molecule has 0 aliphatic heterocycles. The fraction of sp³-hybridized carbons (Fsp3) is 0.294. The number of ether oxygens (including phenoxy) is 2. The van der Waals surface area contributed by atoms with Gasteiger partial charge in [0.15, 0.2) is 0 Å². The predicted molar refractivity (Wildman–Crippen MR) is 87.8 cm³/mol. The molecule has 0 heterocycles. The van der Waals surface area contributed by atoms with Gasteiger partial charge in [0.05, 0.1) is 21.4 Å². The Morgan fingerprint density at radius 2 is 1.48 bits per heavy atom. The molecule has 3 nitrogen and oxygen atoms in total. The van der Waals surface area contributed by atoms with Gasteiger partial charge in [-0.2, -0.15) is 0 Å². The van der Waals surface area contributed by atoms with Gasteiger partial charge in [0.1, 0.15) is 17.2 Å². The number of hydrogen-bond acceptors (Lipinski definition) is 3. The summed E-state index contributed by atoms with van der Waals surface area (Å²) in [5.74, 6) is 1.96. The Morgan fingerprint density at radius 1 is 0.905 bits per heavy atom. The van der Waals surface area contributed by atoms with Crippen molar-refractivity contribution in [3.63, 3.8) is 0 Å². The lowest BCUT2D eigenvalue weighted by molar-refractivity contribution is 0.375. The zero-order valence-corrected chi connectivity index (χ0v) is 13.8. The van der Waals surface area contributed by atoms with Crippen LogP contribution in [-0.2, 0) is 6.04 Å². The molecule has 2 rings (SSSR count). The summed E-state index contributed by atoms with van der Waals surface area (Å²) in [4.78, 5) is 0. The maximum Gasteiger partial charge on any atom is 0.119 e. The number of aromatic hydroxyl groups is 1. The highest BCUT2D eigenvalue weighted by Gasteiger charge is 2.22. The van der Waals surface area contributed by atoms with E-state index in [2.05, 4.69) is 25.2 Å². The lowest BCUT2D eigenvalue weighted by atomic mass is 10.2. The average Bonchev–Trinajstić information content (AvgIpc) is 2.47. The number of hydrogen-bond donors (Lipinski definition) is 1. The van der Waals surface area contributed by atoms with Gasteiger partial charge in [0.2, 0.25) is 0 Å². The molecule has 0 atom stereocenters. The van der Waals surface area contributed by atoms with Crippen molar-refractivity contribution in [2.24, 2.45) is 0 Å². The molecular weight excluding hydrogens is 280 g/mol. The first-order valence-corrected chi connectivity index (χ1v) is 10.4. The molecule has 0 spiro atoms. The summed E-state index contributed by atoms with van der Waals surface area (Å²) in [5, 5.41) is 9.27. The number of benzene rings is 2. The van der Waals surface area contributed by atoms with Crippen LogP contribution in [0, 0.1) is 0 Å². The molecule has 4 heteroatoms. The summed E-state index contributed by atoms with van der Waals surface area (Å²) >= 11 is 0. The quantitative estimate of drug-likeness (QED) is 0.825. The molecular formula is C17H22O3Si. The van der Waals surface area contributed by atoms with E-state index < -0.39 is 8.07 Å². The van der Waals surface area contributed by atoms with E-state index in [0.29, 0.717) is 0 Å². The summed E-state index contributed by atoms with van der Waals surface area (Å²) in [6, 6.07) is 16.2. The summed E-state index contributed by atoms with van der Waals surface area (Å²) in [7, 11) is 0.186. The van der Waals surface area contributed by atoms with Gasteiger partial charge in [-0.05, 0) is 42.4 Å². The van der Waals surface area contributed by atoms with Crippen LogP contribution in [0.3, 0.4) is 0 Å². The van der Waals surface area contributed by atoms with E-state index in [1.165, 1.54) is 5.56 Å². The number of methoxy groups -OCH3 is 1. The van der Waals surface area contributed by atoms with E-state index in [-0.39, 0.29) is 5.75 Å². The van der Waals surface area contributed by atoms with Crippen LogP contribution in [0.25, 0.3) is 0 Å². The molecule has 0 aromatic heterocycles. The standard InChI is InChI=1S/C17H22O3Si/c1-19-16-8-4-14(5-9-16)12-21(2,3)13-20-17-10-6-15(18)7-11-17/h4-11,18H,12-13H2,1-3H3. The highest BCUT2D eigenvalue weighted by Crippen LogP contribution is 2.20. The van der Waals surface area contributed by atoms with Gasteiger partial charge in [-0.3, -0.25) is 0 Å². The lowest BCUT2D eigenvalue weighted by Crippen LogP contribution is -2.37. The second-order valence-corrected chi connectivity index (χ2v) is 10.9. The smallest absolute Gasteiger partial charge is 0.119 e. The van der Waals surface area contributed by atoms with Gasteiger partial charge in [0, 0.05) is 0 Å². The molecule has 21 heavy (non-hydrogen) atoms. The highest BCUT2D eigenvalue weighted by molar-refractivity contribution is 6.76. The molecule has 0 radical (unpaired) electrons. The summed E-state index contributed by atoms with van der Waals surface area (Å²) in [5.41, 5.74) is 1.32. The van der Waals surface area contributed by atoms with E-state index in [9.17, 15) is 5.11 Å². The van der Waals surface area contributed by atoms with Crippen molar-refractivity contribution in [2.45, 2.75) is 19.1 Å². The van der Waals surface area contributed by atoms with Crippen molar-refractivity contribution in [3.8, 4) is 17.2 Å². The third-order valence-electron chi connectivity index (χ3n) is 3.31. The Hall–Kier alpha value is -1.94. The molecule has 0 fully saturated rings. The number of phenolic OH excluding ortho intramolecular Hbond substituents is 1. The third-order valence-corrected chi connectivity index (χ3v) is 5.60. The zero-order valence-electron chi connectivity index (χ0n) is 12.8. The van der Waals surface area contributed by atoms with Crippen LogP contribution in [0.5, 0.6) is 17.2 Å². The topological polar surface area (TPSA) is 38.7 Å². The second-order valence-electron chi connectivity index (χ2n) is 5.97. The van der Waals surface area contributed by atoms with Crippen molar-refractivity contribution in [1.29, 1.82) is 0 Å². The first kappa shape index (κ1) is 15.4. The maximum atomic E-state index is 9.27. The van der Waals surface area contributed by atoms with Crippen LogP contribution in [0.1, 0.15) is 5.56 Å². The van der Waals surface area contributed by atoms with Crippen LogP contribution < -0.4 is 9.47 Å². The van der Waals surface area contributed by atoms with E-state index in [4.69, 9.17) is 9.47 Å². The van der Waals surface area contributed by atoms with Crippen molar-refractivity contribution >= 4 is 8.07 Å². The molecule has 2 aromatic rings. The summed E-state index contributed by atoms with van der Waals surface area (Å²) < 4.78 is 11.0. The minimum atomic E-state index is -1.49. The van der Waals surface area contributed by atoms with Crippen LogP contribution in [-0.4, -0.2) is 26.5 Å². The number of rotatable bonds is 6. The van der Waals surface area contributed by atoms with Gasteiger partial charge >= 0.3 is 0 Å². The monoisotopic (exact) mass is 302 g/mol. The molecule has 0 unspecified atom stereocenters. The molecule has 0 bridgehead atoms. The normalized spacial score (nSPS) is 11.2. The van der Waals surface area contributed by atoms with Crippen LogP contribution in [0.15, 0.2) is 48.5 Å². The van der Waals surface area contributed by atoms with Crippen molar-refractivity contribution in [2.75, 3.05) is 13.3 Å². The van der Waals surface area contributed by atoms with Crippen molar-refractivity contribution < 1.29 is 14.6 Å². The maximum absolute atomic E-state index is 9.27.